The van der Waals surface area contributed by atoms with Crippen molar-refractivity contribution in [1.29, 1.82) is 0 Å². The molecule has 2 amide bonds. The van der Waals surface area contributed by atoms with E-state index in [1.165, 1.54) is 9.70 Å². The van der Waals surface area contributed by atoms with E-state index in [0.29, 0.717) is 17.3 Å². The summed E-state index contributed by atoms with van der Waals surface area (Å²) in [5.74, 6) is 0.414. The van der Waals surface area contributed by atoms with E-state index in [0.717, 1.165) is 42.4 Å². The number of carbonyl (C=O) groups is 2. The zero-order chi connectivity index (χ0) is 24.9. The molecule has 1 N–H and O–H groups in total. The number of ether oxygens (including phenoxy) is 1. The van der Waals surface area contributed by atoms with Gasteiger partial charge in [0.05, 0.1) is 12.8 Å². The number of tetrazole rings is 1. The van der Waals surface area contributed by atoms with Gasteiger partial charge in [-0.25, -0.2) is 0 Å². The second-order valence-electron chi connectivity index (χ2n) is 9.11. The minimum atomic E-state index is -0.751. The van der Waals surface area contributed by atoms with Gasteiger partial charge >= 0.3 is 0 Å². The maximum Gasteiger partial charge on any atom is 0.251 e. The summed E-state index contributed by atoms with van der Waals surface area (Å²) in [5, 5.41) is 15.7. The molecular weight excluding hydrogens is 444 g/mol. The number of aryl methyl sites for hydroxylation is 2. The molecule has 4 rings (SSSR count). The van der Waals surface area contributed by atoms with Gasteiger partial charge < -0.3 is 10.1 Å². The average molecular weight is 477 g/mol. The van der Waals surface area contributed by atoms with Crippen LogP contribution in [0.3, 0.4) is 0 Å². The Morgan fingerprint density at radius 1 is 1.11 bits per heavy atom. The van der Waals surface area contributed by atoms with Gasteiger partial charge in [0.2, 0.25) is 11.7 Å². The molecule has 0 aliphatic heterocycles. The molecule has 184 valence electrons. The molecule has 3 aromatic rings. The van der Waals surface area contributed by atoms with Gasteiger partial charge in [0.1, 0.15) is 18.3 Å². The topological polar surface area (TPSA) is 102 Å². The molecule has 1 aliphatic carbocycles. The zero-order valence-electron chi connectivity index (χ0n) is 20.7. The van der Waals surface area contributed by atoms with Crippen LogP contribution in [0.25, 0.3) is 11.4 Å². The highest BCUT2D eigenvalue weighted by atomic mass is 16.5. The van der Waals surface area contributed by atoms with Crippen LogP contribution in [0.2, 0.25) is 0 Å². The lowest BCUT2D eigenvalue weighted by molar-refractivity contribution is -0.127. The first-order valence-electron chi connectivity index (χ1n) is 12.0. The average Bonchev–Trinajstić information content (AvgIpc) is 3.52. The van der Waals surface area contributed by atoms with Gasteiger partial charge in [-0.2, -0.15) is 4.80 Å². The molecule has 0 bridgehead atoms. The first-order chi connectivity index (χ1) is 16.9. The number of rotatable bonds is 8. The van der Waals surface area contributed by atoms with Crippen LogP contribution in [0.4, 0.5) is 5.69 Å². The first-order valence-corrected chi connectivity index (χ1v) is 12.0. The molecule has 0 saturated heterocycles. The third-order valence-electron chi connectivity index (χ3n) is 6.37. The highest BCUT2D eigenvalue weighted by Crippen LogP contribution is 2.31. The minimum absolute atomic E-state index is 0.148. The molecule has 0 unspecified atom stereocenters. The van der Waals surface area contributed by atoms with E-state index in [2.05, 4.69) is 20.7 Å². The molecule has 1 heterocycles. The Bertz CT molecular complexity index is 1180. The van der Waals surface area contributed by atoms with Gasteiger partial charge in [0.15, 0.2) is 0 Å². The molecule has 1 atom stereocenters. The van der Waals surface area contributed by atoms with Crippen molar-refractivity contribution in [3.8, 4) is 17.1 Å². The number of hydrogen-bond donors (Lipinski definition) is 1. The maximum absolute atomic E-state index is 13.6. The largest absolute Gasteiger partial charge is 0.495 e. The predicted octanol–water partition coefficient (Wildman–Crippen LogP) is 3.45. The van der Waals surface area contributed by atoms with Crippen molar-refractivity contribution in [1.82, 2.24) is 25.5 Å². The fourth-order valence-electron chi connectivity index (χ4n) is 4.38. The van der Waals surface area contributed by atoms with Crippen LogP contribution in [0.1, 0.15) is 43.7 Å². The summed E-state index contributed by atoms with van der Waals surface area (Å²) in [6.07, 6.45) is 4.14. The van der Waals surface area contributed by atoms with Gasteiger partial charge in [0, 0.05) is 11.6 Å². The Morgan fingerprint density at radius 2 is 1.80 bits per heavy atom. The molecule has 1 fully saturated rings. The number of hydrogen-bond acceptors (Lipinski definition) is 6. The Balaban J connectivity index is 1.60. The lowest BCUT2D eigenvalue weighted by atomic mass is 10.1. The van der Waals surface area contributed by atoms with Crippen LogP contribution in [-0.2, 0) is 16.1 Å². The second kappa shape index (κ2) is 10.7. The summed E-state index contributed by atoms with van der Waals surface area (Å²) in [5.41, 5.74) is 3.42. The molecular formula is C26H32N6O3. The van der Waals surface area contributed by atoms with Crippen LogP contribution in [-0.4, -0.2) is 51.2 Å². The minimum Gasteiger partial charge on any atom is -0.495 e. The summed E-state index contributed by atoms with van der Waals surface area (Å²) in [6.45, 7) is 5.50. The Kier molecular flexibility index (Phi) is 7.43. The molecule has 9 nitrogen and oxygen atoms in total. The van der Waals surface area contributed by atoms with Crippen LogP contribution < -0.4 is 15.0 Å². The fourth-order valence-corrected chi connectivity index (χ4v) is 4.38. The second-order valence-corrected chi connectivity index (χ2v) is 9.11. The molecule has 2 aromatic carbocycles. The van der Waals surface area contributed by atoms with Gasteiger partial charge in [-0.05, 0) is 56.5 Å². The number of anilines is 1. The number of nitrogens with zero attached hydrogens (tertiary/aromatic N) is 5. The molecule has 1 aliphatic rings. The SMILES string of the molecule is COc1ccc(C)cc1N(C(=O)Cn1nnc(-c2ccc(C)cc2)n1)[C@@H](C)C(=O)NC1CCCC1. The number of amides is 2. The van der Waals surface area contributed by atoms with Crippen LogP contribution >= 0.6 is 0 Å². The van der Waals surface area contributed by atoms with Crippen molar-refractivity contribution in [2.24, 2.45) is 0 Å². The fraction of sp³-hybridized carbons (Fsp3) is 0.423. The first kappa shape index (κ1) is 24.4. The monoisotopic (exact) mass is 476 g/mol. The Hall–Kier alpha value is -3.75. The van der Waals surface area contributed by atoms with Crippen molar-refractivity contribution in [3.05, 3.63) is 53.6 Å². The molecule has 0 radical (unpaired) electrons. The lowest BCUT2D eigenvalue weighted by Crippen LogP contribution is -2.51. The number of methoxy groups -OCH3 is 1. The van der Waals surface area contributed by atoms with Gasteiger partial charge in [-0.1, -0.05) is 48.7 Å². The van der Waals surface area contributed by atoms with Crippen LogP contribution in [0, 0.1) is 13.8 Å². The molecule has 0 spiro atoms. The predicted molar refractivity (Wildman–Crippen MR) is 133 cm³/mol. The van der Waals surface area contributed by atoms with Crippen molar-refractivity contribution in [2.75, 3.05) is 12.0 Å². The van der Waals surface area contributed by atoms with E-state index in [4.69, 9.17) is 4.74 Å². The Morgan fingerprint density at radius 3 is 2.49 bits per heavy atom. The third-order valence-corrected chi connectivity index (χ3v) is 6.37. The van der Waals surface area contributed by atoms with E-state index in [-0.39, 0.29) is 24.4 Å². The quantitative estimate of drug-likeness (QED) is 0.534. The molecule has 1 saturated carbocycles. The zero-order valence-corrected chi connectivity index (χ0v) is 20.7. The van der Waals surface area contributed by atoms with E-state index in [9.17, 15) is 9.59 Å². The van der Waals surface area contributed by atoms with Gasteiger partial charge in [0.25, 0.3) is 5.91 Å². The van der Waals surface area contributed by atoms with Crippen molar-refractivity contribution < 1.29 is 14.3 Å². The standard InChI is InChI=1S/C26H32N6O3/c1-17-9-12-20(13-10-17)25-28-30-31(29-25)16-24(33)32(22-15-18(2)11-14-23(22)35-4)19(3)26(34)27-21-7-5-6-8-21/h9-15,19,21H,5-8,16H2,1-4H3,(H,27,34)/t19-/m0/s1. The van der Waals surface area contributed by atoms with Crippen molar-refractivity contribution >= 4 is 17.5 Å². The normalized spacial score (nSPS) is 14.5. The summed E-state index contributed by atoms with van der Waals surface area (Å²) in [7, 11) is 1.55. The summed E-state index contributed by atoms with van der Waals surface area (Å²) in [6, 6.07) is 12.7. The number of nitrogens with one attached hydrogen (secondary N) is 1. The lowest BCUT2D eigenvalue weighted by Gasteiger charge is -2.30. The summed E-state index contributed by atoms with van der Waals surface area (Å²) >= 11 is 0. The van der Waals surface area contributed by atoms with Crippen LogP contribution in [0.15, 0.2) is 42.5 Å². The smallest absolute Gasteiger partial charge is 0.251 e. The van der Waals surface area contributed by atoms with Crippen molar-refractivity contribution in [2.45, 2.75) is 65.1 Å². The maximum atomic E-state index is 13.6. The van der Waals surface area contributed by atoms with Gasteiger partial charge in [-0.15, -0.1) is 10.2 Å². The third kappa shape index (κ3) is 5.67. The highest BCUT2D eigenvalue weighted by Gasteiger charge is 2.32. The van der Waals surface area contributed by atoms with E-state index in [1.54, 1.807) is 20.1 Å². The summed E-state index contributed by atoms with van der Waals surface area (Å²) in [4.78, 5) is 29.5. The highest BCUT2D eigenvalue weighted by molar-refractivity contribution is 6.01. The van der Waals surface area contributed by atoms with E-state index >= 15 is 0 Å². The van der Waals surface area contributed by atoms with E-state index in [1.807, 2.05) is 50.2 Å². The number of carbonyl (C=O) groups excluding carboxylic acids is 2. The summed E-state index contributed by atoms with van der Waals surface area (Å²) < 4.78 is 5.54. The van der Waals surface area contributed by atoms with E-state index < -0.39 is 6.04 Å². The van der Waals surface area contributed by atoms with Crippen molar-refractivity contribution in [3.63, 3.8) is 0 Å². The molecule has 9 heteroatoms. The number of benzene rings is 2. The van der Waals surface area contributed by atoms with Crippen LogP contribution in [0.5, 0.6) is 5.75 Å². The Labute approximate surface area is 205 Å². The van der Waals surface area contributed by atoms with Gasteiger partial charge in [-0.3, -0.25) is 14.5 Å². The molecule has 1 aromatic heterocycles. The number of aromatic nitrogens is 4. The molecule has 35 heavy (non-hydrogen) atoms.